The standard InChI is InChI=1S/C32H28N2O7/c35-28(13-5-2-8-18-34-30(37)24-11-6-7-12-25(24)31(34)38)40-23-15-14-22-19-26(32(39)41-27(22)20-23)29(36)33-17-16-21-9-3-1-4-10-21/h1,3-4,6-7,9-12,14-15,19-20H,2,5,8,13,16-18H2,(H,33,36). The minimum Gasteiger partial charge on any atom is -0.426 e. The van der Waals surface area contributed by atoms with Crippen LogP contribution in [0.5, 0.6) is 5.75 Å². The zero-order valence-electron chi connectivity index (χ0n) is 22.3. The predicted octanol–water partition coefficient (Wildman–Crippen LogP) is 4.53. The van der Waals surface area contributed by atoms with Gasteiger partial charge in [0.05, 0.1) is 11.1 Å². The van der Waals surface area contributed by atoms with Crippen LogP contribution in [0.3, 0.4) is 0 Å². The Balaban J connectivity index is 1.08. The fourth-order valence-electron chi connectivity index (χ4n) is 4.71. The van der Waals surface area contributed by atoms with Gasteiger partial charge in [0.1, 0.15) is 16.9 Å². The van der Waals surface area contributed by atoms with Gasteiger partial charge in [-0.15, -0.1) is 0 Å². The van der Waals surface area contributed by atoms with Crippen molar-refractivity contribution in [2.24, 2.45) is 0 Å². The lowest BCUT2D eigenvalue weighted by molar-refractivity contribution is -0.134. The highest BCUT2D eigenvalue weighted by Gasteiger charge is 2.34. The third kappa shape index (κ3) is 6.41. The van der Waals surface area contributed by atoms with Gasteiger partial charge < -0.3 is 14.5 Å². The molecule has 9 nitrogen and oxygen atoms in total. The number of fused-ring (bicyclic) bond motifs is 2. The maximum absolute atomic E-state index is 12.5. The summed E-state index contributed by atoms with van der Waals surface area (Å²) in [5.41, 5.74) is 1.23. The molecule has 0 saturated carbocycles. The van der Waals surface area contributed by atoms with Crippen LogP contribution in [0.2, 0.25) is 0 Å². The molecule has 0 saturated heterocycles. The minimum absolute atomic E-state index is 0.100. The molecule has 3 amide bonds. The Morgan fingerprint density at radius 2 is 1.51 bits per heavy atom. The van der Waals surface area contributed by atoms with Crippen LogP contribution in [0.15, 0.2) is 88.1 Å². The first-order chi connectivity index (χ1) is 19.9. The number of nitrogens with zero attached hydrogens (tertiary/aromatic N) is 1. The van der Waals surface area contributed by atoms with E-state index in [4.69, 9.17) is 9.15 Å². The Hall–Kier alpha value is -5.05. The summed E-state index contributed by atoms with van der Waals surface area (Å²) >= 11 is 0. The predicted molar refractivity (Wildman–Crippen MR) is 151 cm³/mol. The highest BCUT2D eigenvalue weighted by atomic mass is 16.5. The Bertz CT molecular complexity index is 1640. The van der Waals surface area contributed by atoms with Crippen molar-refractivity contribution in [3.8, 4) is 5.75 Å². The molecule has 208 valence electrons. The average molecular weight is 553 g/mol. The summed E-state index contributed by atoms with van der Waals surface area (Å²) in [5.74, 6) is -1.33. The fourth-order valence-corrected chi connectivity index (χ4v) is 4.71. The molecule has 41 heavy (non-hydrogen) atoms. The lowest BCUT2D eigenvalue weighted by Crippen LogP contribution is -2.30. The number of unbranched alkanes of at least 4 members (excludes halogenated alkanes) is 2. The molecule has 0 spiro atoms. The van der Waals surface area contributed by atoms with E-state index in [9.17, 15) is 24.0 Å². The number of benzene rings is 3. The molecule has 4 aromatic rings. The molecule has 1 aliphatic rings. The minimum atomic E-state index is -0.781. The lowest BCUT2D eigenvalue weighted by atomic mass is 10.1. The molecule has 1 aliphatic heterocycles. The van der Waals surface area contributed by atoms with Gasteiger partial charge in [-0.1, -0.05) is 48.9 Å². The van der Waals surface area contributed by atoms with E-state index in [1.807, 2.05) is 30.3 Å². The maximum atomic E-state index is 12.5. The summed E-state index contributed by atoms with van der Waals surface area (Å²) < 4.78 is 10.7. The highest BCUT2D eigenvalue weighted by Crippen LogP contribution is 2.24. The number of hydrogen-bond donors (Lipinski definition) is 1. The van der Waals surface area contributed by atoms with Crippen molar-refractivity contribution < 1.29 is 28.3 Å². The van der Waals surface area contributed by atoms with Gasteiger partial charge in [0.25, 0.3) is 17.7 Å². The van der Waals surface area contributed by atoms with Crippen LogP contribution in [0.1, 0.15) is 62.3 Å². The molecule has 0 aliphatic carbocycles. The maximum Gasteiger partial charge on any atom is 0.349 e. The summed E-state index contributed by atoms with van der Waals surface area (Å²) in [6, 6.07) is 22.5. The third-order valence-corrected chi connectivity index (χ3v) is 6.87. The van der Waals surface area contributed by atoms with Crippen molar-refractivity contribution in [2.75, 3.05) is 13.1 Å². The molecular weight excluding hydrogens is 524 g/mol. The van der Waals surface area contributed by atoms with Crippen LogP contribution >= 0.6 is 0 Å². The number of rotatable bonds is 11. The molecular formula is C32H28N2O7. The van der Waals surface area contributed by atoms with Gasteiger partial charge >= 0.3 is 11.6 Å². The number of amides is 3. The summed E-state index contributed by atoms with van der Waals surface area (Å²) in [7, 11) is 0. The first kappa shape index (κ1) is 27.5. The van der Waals surface area contributed by atoms with Crippen LogP contribution in [-0.2, 0) is 11.2 Å². The topological polar surface area (TPSA) is 123 Å². The van der Waals surface area contributed by atoms with Crippen LogP contribution in [0.4, 0.5) is 0 Å². The number of nitrogens with one attached hydrogen (secondary N) is 1. The number of carbonyl (C=O) groups excluding carboxylic acids is 4. The van der Waals surface area contributed by atoms with Crippen LogP contribution < -0.4 is 15.7 Å². The monoisotopic (exact) mass is 552 g/mol. The van der Waals surface area contributed by atoms with Crippen LogP contribution in [-0.4, -0.2) is 41.7 Å². The second kappa shape index (κ2) is 12.4. The molecule has 0 unspecified atom stereocenters. The highest BCUT2D eigenvalue weighted by molar-refractivity contribution is 6.21. The van der Waals surface area contributed by atoms with Crippen molar-refractivity contribution in [1.82, 2.24) is 10.2 Å². The quantitative estimate of drug-likeness (QED) is 0.0954. The smallest absolute Gasteiger partial charge is 0.349 e. The number of hydrogen-bond acceptors (Lipinski definition) is 7. The van der Waals surface area contributed by atoms with Crippen molar-refractivity contribution in [3.05, 3.63) is 112 Å². The van der Waals surface area contributed by atoms with Gasteiger partial charge in [0.2, 0.25) is 0 Å². The number of esters is 1. The van der Waals surface area contributed by atoms with Crippen molar-refractivity contribution in [3.63, 3.8) is 0 Å². The second-order valence-electron chi connectivity index (χ2n) is 9.73. The van der Waals surface area contributed by atoms with Gasteiger partial charge in [-0.05, 0) is 55.2 Å². The first-order valence-electron chi connectivity index (χ1n) is 13.5. The molecule has 0 radical (unpaired) electrons. The average Bonchev–Trinajstić information content (AvgIpc) is 3.22. The Morgan fingerprint density at radius 3 is 2.24 bits per heavy atom. The zero-order chi connectivity index (χ0) is 28.8. The molecule has 0 atom stereocenters. The van der Waals surface area contributed by atoms with E-state index in [1.54, 1.807) is 36.4 Å². The Morgan fingerprint density at radius 1 is 0.805 bits per heavy atom. The third-order valence-electron chi connectivity index (χ3n) is 6.87. The van der Waals surface area contributed by atoms with E-state index in [0.717, 1.165) is 5.56 Å². The number of carbonyl (C=O) groups is 4. The Kier molecular flexibility index (Phi) is 8.34. The number of ether oxygens (including phenoxy) is 1. The van der Waals surface area contributed by atoms with E-state index >= 15 is 0 Å². The van der Waals surface area contributed by atoms with E-state index < -0.39 is 17.5 Å². The molecule has 3 aromatic carbocycles. The fraction of sp³-hybridized carbons (Fsp3) is 0.219. The van der Waals surface area contributed by atoms with Crippen LogP contribution in [0, 0.1) is 0 Å². The van der Waals surface area contributed by atoms with E-state index in [-0.39, 0.29) is 41.7 Å². The van der Waals surface area contributed by atoms with Gasteiger partial charge in [-0.25, -0.2) is 4.79 Å². The summed E-state index contributed by atoms with van der Waals surface area (Å²) in [4.78, 5) is 63.4. The lowest BCUT2D eigenvalue weighted by Gasteiger charge is -2.13. The molecule has 0 bridgehead atoms. The molecule has 1 N–H and O–H groups in total. The van der Waals surface area contributed by atoms with Crippen molar-refractivity contribution in [1.29, 1.82) is 0 Å². The van der Waals surface area contributed by atoms with Crippen LogP contribution in [0.25, 0.3) is 11.0 Å². The number of imide groups is 1. The van der Waals surface area contributed by atoms with Gasteiger partial charge in [-0.3, -0.25) is 24.1 Å². The second-order valence-corrected chi connectivity index (χ2v) is 9.73. The summed E-state index contributed by atoms with van der Waals surface area (Å²) in [5, 5.41) is 3.26. The van der Waals surface area contributed by atoms with Gasteiger partial charge in [0, 0.05) is 31.0 Å². The largest absolute Gasteiger partial charge is 0.426 e. The van der Waals surface area contributed by atoms with Gasteiger partial charge in [0.15, 0.2) is 0 Å². The molecule has 2 heterocycles. The normalized spacial score (nSPS) is 12.4. The van der Waals surface area contributed by atoms with E-state index in [2.05, 4.69) is 5.32 Å². The Labute approximate surface area is 235 Å². The SMILES string of the molecule is O=C(CCCCCN1C(=O)c2ccccc2C1=O)Oc1ccc2cc(C(=O)NCCc3ccccc3)c(=O)oc2c1. The van der Waals surface area contributed by atoms with Gasteiger partial charge in [-0.2, -0.15) is 0 Å². The van der Waals surface area contributed by atoms with E-state index in [0.29, 0.717) is 48.7 Å². The molecule has 1 aromatic heterocycles. The molecule has 9 heteroatoms. The van der Waals surface area contributed by atoms with E-state index in [1.165, 1.54) is 17.0 Å². The zero-order valence-corrected chi connectivity index (χ0v) is 22.3. The summed E-state index contributed by atoms with van der Waals surface area (Å²) in [6.07, 6.45) is 2.50. The molecule has 5 rings (SSSR count). The first-order valence-corrected chi connectivity index (χ1v) is 13.5. The summed E-state index contributed by atoms with van der Waals surface area (Å²) in [6.45, 7) is 0.663. The van der Waals surface area contributed by atoms with Crippen molar-refractivity contribution >= 4 is 34.7 Å². The van der Waals surface area contributed by atoms with Crippen molar-refractivity contribution in [2.45, 2.75) is 32.1 Å². The molecule has 0 fully saturated rings.